The molecule has 1 aromatic carbocycles. The minimum absolute atomic E-state index is 0.362. The van der Waals surface area contributed by atoms with Gasteiger partial charge in [0.05, 0.1) is 13.2 Å². The van der Waals surface area contributed by atoms with Gasteiger partial charge in [-0.1, -0.05) is 29.8 Å². The predicted molar refractivity (Wildman–Crippen MR) is 79.4 cm³/mol. The first-order chi connectivity index (χ1) is 9.13. The minimum atomic E-state index is 0.362. The van der Waals surface area contributed by atoms with Gasteiger partial charge in [0.15, 0.2) is 0 Å². The second-order valence-electron chi connectivity index (χ2n) is 5.58. The van der Waals surface area contributed by atoms with Gasteiger partial charge >= 0.3 is 0 Å². The summed E-state index contributed by atoms with van der Waals surface area (Å²) in [6.07, 6.45) is 0. The van der Waals surface area contributed by atoms with Crippen molar-refractivity contribution in [3.05, 3.63) is 35.4 Å². The fourth-order valence-corrected chi connectivity index (χ4v) is 3.00. The number of rotatable bonds is 4. The number of benzene rings is 1. The van der Waals surface area contributed by atoms with E-state index in [1.807, 2.05) is 7.05 Å². The third-order valence-corrected chi connectivity index (χ3v) is 4.17. The van der Waals surface area contributed by atoms with Crippen LogP contribution in [0.4, 0.5) is 0 Å². The maximum atomic E-state index is 5.53. The molecular formula is C16H26N2O. The number of nitrogens with one attached hydrogen (secondary N) is 1. The van der Waals surface area contributed by atoms with E-state index in [1.54, 1.807) is 0 Å². The SMILES string of the molecule is CNC(c1ccc(C)cc1)C(C)N1CCOCC1C. The summed E-state index contributed by atoms with van der Waals surface area (Å²) >= 11 is 0. The van der Waals surface area contributed by atoms with Gasteiger partial charge in [0, 0.05) is 24.7 Å². The van der Waals surface area contributed by atoms with E-state index in [0.29, 0.717) is 18.1 Å². The zero-order chi connectivity index (χ0) is 13.8. The summed E-state index contributed by atoms with van der Waals surface area (Å²) < 4.78 is 5.53. The normalized spacial score (nSPS) is 24.1. The zero-order valence-corrected chi connectivity index (χ0v) is 12.5. The van der Waals surface area contributed by atoms with Crippen molar-refractivity contribution >= 4 is 0 Å². The molecule has 0 amide bonds. The van der Waals surface area contributed by atoms with Crippen LogP contribution >= 0.6 is 0 Å². The van der Waals surface area contributed by atoms with Crippen LogP contribution in [0.2, 0.25) is 0 Å². The van der Waals surface area contributed by atoms with Crippen LogP contribution in [0.1, 0.15) is 31.0 Å². The van der Waals surface area contributed by atoms with E-state index in [4.69, 9.17) is 4.74 Å². The fraction of sp³-hybridized carbons (Fsp3) is 0.625. The summed E-state index contributed by atoms with van der Waals surface area (Å²) in [6, 6.07) is 10.2. The lowest BCUT2D eigenvalue weighted by Crippen LogP contribution is -2.52. The molecule has 0 bridgehead atoms. The number of nitrogens with zero attached hydrogens (tertiary/aromatic N) is 1. The van der Waals surface area contributed by atoms with E-state index in [2.05, 4.69) is 55.3 Å². The highest BCUT2D eigenvalue weighted by Gasteiger charge is 2.29. The van der Waals surface area contributed by atoms with Crippen LogP contribution in [-0.2, 0) is 4.74 Å². The molecule has 0 aromatic heterocycles. The van der Waals surface area contributed by atoms with Crippen LogP contribution in [0.15, 0.2) is 24.3 Å². The van der Waals surface area contributed by atoms with Crippen LogP contribution in [0.25, 0.3) is 0 Å². The first-order valence-electron chi connectivity index (χ1n) is 7.20. The van der Waals surface area contributed by atoms with E-state index in [9.17, 15) is 0 Å². The van der Waals surface area contributed by atoms with Crippen LogP contribution in [-0.4, -0.2) is 43.8 Å². The lowest BCUT2D eigenvalue weighted by molar-refractivity contribution is -0.0254. The van der Waals surface area contributed by atoms with Crippen molar-refractivity contribution in [3.8, 4) is 0 Å². The van der Waals surface area contributed by atoms with Crippen LogP contribution in [0.3, 0.4) is 0 Å². The number of aryl methyl sites for hydroxylation is 1. The molecule has 106 valence electrons. The Hall–Kier alpha value is -0.900. The summed E-state index contributed by atoms with van der Waals surface area (Å²) in [5, 5.41) is 3.47. The van der Waals surface area contributed by atoms with E-state index in [1.165, 1.54) is 11.1 Å². The Morgan fingerprint density at radius 2 is 2.00 bits per heavy atom. The summed E-state index contributed by atoms with van der Waals surface area (Å²) in [7, 11) is 2.05. The molecule has 1 heterocycles. The van der Waals surface area contributed by atoms with Gasteiger partial charge in [-0.05, 0) is 33.4 Å². The predicted octanol–water partition coefficient (Wildman–Crippen LogP) is 2.36. The van der Waals surface area contributed by atoms with Crippen molar-refractivity contribution < 1.29 is 4.74 Å². The molecule has 3 atom stereocenters. The van der Waals surface area contributed by atoms with Crippen molar-refractivity contribution in [1.29, 1.82) is 0 Å². The van der Waals surface area contributed by atoms with Crippen molar-refractivity contribution in [2.75, 3.05) is 26.8 Å². The molecule has 1 fully saturated rings. The van der Waals surface area contributed by atoms with E-state index in [0.717, 1.165) is 19.8 Å². The fourth-order valence-electron chi connectivity index (χ4n) is 3.00. The van der Waals surface area contributed by atoms with Crippen molar-refractivity contribution in [1.82, 2.24) is 10.2 Å². The molecule has 2 rings (SSSR count). The topological polar surface area (TPSA) is 24.5 Å². The molecule has 19 heavy (non-hydrogen) atoms. The highest BCUT2D eigenvalue weighted by Crippen LogP contribution is 2.24. The van der Waals surface area contributed by atoms with Gasteiger partial charge < -0.3 is 10.1 Å². The van der Waals surface area contributed by atoms with Gasteiger partial charge in [0.1, 0.15) is 0 Å². The first kappa shape index (κ1) is 14.5. The molecule has 0 radical (unpaired) electrons. The second kappa shape index (κ2) is 6.51. The summed E-state index contributed by atoms with van der Waals surface area (Å²) in [4.78, 5) is 2.55. The highest BCUT2D eigenvalue weighted by atomic mass is 16.5. The van der Waals surface area contributed by atoms with Gasteiger partial charge in [-0.2, -0.15) is 0 Å². The standard InChI is InChI=1S/C16H26N2O/c1-12-5-7-15(8-6-12)16(17-4)14(3)18-9-10-19-11-13(18)2/h5-8,13-14,16-17H,9-11H2,1-4H3. The van der Waals surface area contributed by atoms with Crippen molar-refractivity contribution in [2.45, 2.75) is 38.9 Å². The minimum Gasteiger partial charge on any atom is -0.379 e. The Morgan fingerprint density at radius 3 is 2.58 bits per heavy atom. The van der Waals surface area contributed by atoms with Gasteiger partial charge in [-0.15, -0.1) is 0 Å². The second-order valence-corrected chi connectivity index (χ2v) is 5.58. The van der Waals surface area contributed by atoms with E-state index >= 15 is 0 Å². The number of morpholine rings is 1. The molecule has 1 aliphatic rings. The summed E-state index contributed by atoms with van der Waals surface area (Å²) in [5.41, 5.74) is 2.67. The number of hydrogen-bond donors (Lipinski definition) is 1. The lowest BCUT2D eigenvalue weighted by Gasteiger charge is -2.41. The molecule has 1 N–H and O–H groups in total. The molecule has 1 aromatic rings. The Morgan fingerprint density at radius 1 is 1.32 bits per heavy atom. The Labute approximate surface area is 116 Å². The van der Waals surface area contributed by atoms with E-state index in [-0.39, 0.29) is 0 Å². The molecule has 0 spiro atoms. The van der Waals surface area contributed by atoms with Crippen LogP contribution in [0, 0.1) is 6.92 Å². The Bertz CT molecular complexity index is 390. The summed E-state index contributed by atoms with van der Waals surface area (Å²) in [5.74, 6) is 0. The smallest absolute Gasteiger partial charge is 0.0619 e. The maximum absolute atomic E-state index is 5.53. The third-order valence-electron chi connectivity index (χ3n) is 4.17. The average molecular weight is 262 g/mol. The third kappa shape index (κ3) is 3.35. The number of likely N-dealkylation sites (N-methyl/N-ethyl adjacent to an activating group) is 1. The molecular weight excluding hydrogens is 236 g/mol. The molecule has 3 heteroatoms. The lowest BCUT2D eigenvalue weighted by atomic mass is 9.97. The van der Waals surface area contributed by atoms with Gasteiger partial charge in [-0.3, -0.25) is 4.90 Å². The number of hydrogen-bond acceptors (Lipinski definition) is 3. The van der Waals surface area contributed by atoms with E-state index < -0.39 is 0 Å². The Balaban J connectivity index is 2.13. The van der Waals surface area contributed by atoms with Crippen LogP contribution in [0.5, 0.6) is 0 Å². The van der Waals surface area contributed by atoms with Gasteiger partial charge in [0.2, 0.25) is 0 Å². The van der Waals surface area contributed by atoms with Crippen LogP contribution < -0.4 is 5.32 Å². The summed E-state index contributed by atoms with van der Waals surface area (Å²) in [6.45, 7) is 9.39. The zero-order valence-electron chi connectivity index (χ0n) is 12.5. The average Bonchev–Trinajstić information content (AvgIpc) is 2.42. The first-order valence-corrected chi connectivity index (χ1v) is 7.20. The molecule has 0 saturated carbocycles. The quantitative estimate of drug-likeness (QED) is 0.901. The maximum Gasteiger partial charge on any atom is 0.0619 e. The molecule has 0 aliphatic carbocycles. The highest BCUT2D eigenvalue weighted by molar-refractivity contribution is 5.25. The molecule has 1 aliphatic heterocycles. The van der Waals surface area contributed by atoms with Crippen molar-refractivity contribution in [2.24, 2.45) is 0 Å². The van der Waals surface area contributed by atoms with Gasteiger partial charge in [0.25, 0.3) is 0 Å². The molecule has 3 unspecified atom stereocenters. The van der Waals surface area contributed by atoms with Gasteiger partial charge in [-0.25, -0.2) is 0 Å². The molecule has 3 nitrogen and oxygen atoms in total. The monoisotopic (exact) mass is 262 g/mol. The number of ether oxygens (including phenoxy) is 1. The molecule has 1 saturated heterocycles. The van der Waals surface area contributed by atoms with Crippen molar-refractivity contribution in [3.63, 3.8) is 0 Å². The Kier molecular flexibility index (Phi) is 4.97. The largest absolute Gasteiger partial charge is 0.379 e.